The average molecular weight is 213 g/mol. The molecule has 0 saturated carbocycles. The van der Waals surface area contributed by atoms with E-state index in [9.17, 15) is 4.79 Å². The molecule has 1 aliphatic carbocycles. The van der Waals surface area contributed by atoms with Crippen LogP contribution in [0.2, 0.25) is 0 Å². The lowest BCUT2D eigenvalue weighted by atomic mass is 9.94. The lowest BCUT2D eigenvalue weighted by Crippen LogP contribution is -2.09. The van der Waals surface area contributed by atoms with Gasteiger partial charge >= 0.3 is 0 Å². The Balaban J connectivity index is 2.31. The first-order chi connectivity index (χ1) is 7.79. The van der Waals surface area contributed by atoms with Crippen LogP contribution in [0.1, 0.15) is 41.4 Å². The monoisotopic (exact) mass is 213 g/mol. The molecule has 0 radical (unpaired) electrons. The number of carbonyl (C=O) groups excluding carboxylic acids is 1. The van der Waals surface area contributed by atoms with Gasteiger partial charge in [0, 0.05) is 28.6 Å². The molecule has 0 atom stereocenters. The first kappa shape index (κ1) is 9.64. The smallest absolute Gasteiger partial charge is 0.165 e. The number of H-pyrrole nitrogens is 1. The van der Waals surface area contributed by atoms with E-state index in [4.69, 9.17) is 0 Å². The van der Waals surface area contributed by atoms with Crippen LogP contribution in [0, 0.1) is 0 Å². The first-order valence-electron chi connectivity index (χ1n) is 5.96. The normalized spacial score (nSPS) is 15.4. The molecule has 0 aliphatic heterocycles. The summed E-state index contributed by atoms with van der Waals surface area (Å²) in [5, 5.41) is 1.12. The van der Waals surface area contributed by atoms with Gasteiger partial charge in [-0.15, -0.1) is 0 Å². The van der Waals surface area contributed by atoms with Crippen molar-refractivity contribution in [2.75, 3.05) is 0 Å². The van der Waals surface area contributed by atoms with Crippen LogP contribution in [0.25, 0.3) is 10.9 Å². The minimum Gasteiger partial charge on any atom is -0.358 e. The first-order valence-corrected chi connectivity index (χ1v) is 5.96. The van der Waals surface area contributed by atoms with Gasteiger partial charge in [-0.2, -0.15) is 0 Å². The van der Waals surface area contributed by atoms with E-state index in [0.29, 0.717) is 12.2 Å². The minimum atomic E-state index is 0.306. The Morgan fingerprint density at radius 3 is 3.00 bits per heavy atom. The summed E-state index contributed by atoms with van der Waals surface area (Å²) in [4.78, 5) is 15.3. The molecule has 0 unspecified atom stereocenters. The lowest BCUT2D eigenvalue weighted by molar-refractivity contribution is 0.0974. The highest BCUT2D eigenvalue weighted by atomic mass is 16.1. The number of benzene rings is 1. The second-order valence-electron chi connectivity index (χ2n) is 4.49. The fourth-order valence-corrected chi connectivity index (χ4v) is 2.57. The van der Waals surface area contributed by atoms with Crippen LogP contribution in [-0.4, -0.2) is 10.8 Å². The van der Waals surface area contributed by atoms with Crippen molar-refractivity contribution in [3.63, 3.8) is 0 Å². The van der Waals surface area contributed by atoms with Crippen molar-refractivity contribution in [3.05, 3.63) is 35.0 Å². The number of carbonyl (C=O) groups is 1. The van der Waals surface area contributed by atoms with Crippen LogP contribution in [0.3, 0.4) is 0 Å². The molecule has 1 aliphatic rings. The maximum absolute atomic E-state index is 11.9. The molecule has 16 heavy (non-hydrogen) atoms. The van der Waals surface area contributed by atoms with Crippen LogP contribution in [0.4, 0.5) is 0 Å². The van der Waals surface area contributed by atoms with Gasteiger partial charge in [-0.25, -0.2) is 0 Å². The van der Waals surface area contributed by atoms with Crippen molar-refractivity contribution < 1.29 is 4.79 Å². The maximum atomic E-state index is 11.9. The van der Waals surface area contributed by atoms with Gasteiger partial charge in [-0.05, 0) is 37.0 Å². The zero-order valence-corrected chi connectivity index (χ0v) is 9.47. The predicted molar refractivity (Wildman–Crippen MR) is 64.9 cm³/mol. The zero-order chi connectivity index (χ0) is 11.1. The van der Waals surface area contributed by atoms with Gasteiger partial charge in [0.1, 0.15) is 0 Å². The summed E-state index contributed by atoms with van der Waals surface area (Å²) >= 11 is 0. The second kappa shape index (κ2) is 3.48. The molecule has 1 heterocycles. The number of aromatic nitrogens is 1. The van der Waals surface area contributed by atoms with Crippen LogP contribution in [-0.2, 0) is 12.8 Å². The summed E-state index contributed by atoms with van der Waals surface area (Å²) < 4.78 is 0. The van der Waals surface area contributed by atoms with E-state index >= 15 is 0 Å². The lowest BCUT2D eigenvalue weighted by Gasteiger charge is -2.09. The van der Waals surface area contributed by atoms with E-state index < -0.39 is 0 Å². The fraction of sp³-hybridized carbons (Fsp3) is 0.357. The van der Waals surface area contributed by atoms with Crippen molar-refractivity contribution >= 4 is 16.7 Å². The van der Waals surface area contributed by atoms with Crippen molar-refractivity contribution in [2.24, 2.45) is 0 Å². The molecule has 82 valence electrons. The highest BCUT2D eigenvalue weighted by Gasteiger charge is 2.21. The van der Waals surface area contributed by atoms with Gasteiger partial charge < -0.3 is 4.98 Å². The Labute approximate surface area is 94.7 Å². The molecule has 1 aromatic heterocycles. The number of fused-ring (bicyclic) bond motifs is 3. The van der Waals surface area contributed by atoms with Crippen LogP contribution in [0.5, 0.6) is 0 Å². The summed E-state index contributed by atoms with van der Waals surface area (Å²) in [6.07, 6.45) is 3.72. The molecule has 1 aromatic carbocycles. The molecule has 2 aromatic rings. The number of Topliss-reactive ketones (excluding diaryl/α,β-unsaturated/α-hetero) is 1. The molecule has 0 saturated heterocycles. The van der Waals surface area contributed by atoms with Crippen molar-refractivity contribution in [1.82, 2.24) is 4.98 Å². The summed E-state index contributed by atoms with van der Waals surface area (Å²) in [5.74, 6) is 0.306. The number of nitrogens with one attached hydrogen (secondary N) is 1. The van der Waals surface area contributed by atoms with E-state index in [1.54, 1.807) is 0 Å². The number of rotatable bonds is 1. The Bertz CT molecular complexity index is 565. The van der Waals surface area contributed by atoms with Gasteiger partial charge in [-0.3, -0.25) is 4.79 Å². The maximum Gasteiger partial charge on any atom is 0.165 e. The topological polar surface area (TPSA) is 32.9 Å². The molecule has 0 bridgehead atoms. The van der Waals surface area contributed by atoms with E-state index in [1.807, 2.05) is 0 Å². The van der Waals surface area contributed by atoms with Gasteiger partial charge in [0.2, 0.25) is 0 Å². The second-order valence-corrected chi connectivity index (χ2v) is 4.49. The predicted octanol–water partition coefficient (Wildman–Crippen LogP) is 3.25. The Hall–Kier alpha value is -1.57. The summed E-state index contributed by atoms with van der Waals surface area (Å²) in [6.45, 7) is 2.14. The third-order valence-corrected chi connectivity index (χ3v) is 3.46. The Morgan fingerprint density at radius 1 is 1.31 bits per heavy atom. The molecular formula is C14H15NO. The molecule has 1 N–H and O–H groups in total. The quantitative estimate of drug-likeness (QED) is 0.775. The Morgan fingerprint density at radius 2 is 2.19 bits per heavy atom. The van der Waals surface area contributed by atoms with Gasteiger partial charge in [0.05, 0.1) is 0 Å². The third-order valence-electron chi connectivity index (χ3n) is 3.46. The van der Waals surface area contributed by atoms with Crippen molar-refractivity contribution in [1.29, 1.82) is 0 Å². The van der Waals surface area contributed by atoms with Crippen LogP contribution < -0.4 is 0 Å². The highest BCUT2D eigenvalue weighted by Crippen LogP contribution is 2.29. The van der Waals surface area contributed by atoms with E-state index in [2.05, 4.69) is 30.1 Å². The van der Waals surface area contributed by atoms with Gasteiger partial charge in [0.25, 0.3) is 0 Å². The number of aryl methyl sites for hydroxylation is 2. The zero-order valence-electron chi connectivity index (χ0n) is 9.47. The van der Waals surface area contributed by atoms with Crippen LogP contribution in [0.15, 0.2) is 18.2 Å². The molecule has 2 nitrogen and oxygen atoms in total. The van der Waals surface area contributed by atoms with E-state index in [-0.39, 0.29) is 0 Å². The molecule has 0 amide bonds. The summed E-state index contributed by atoms with van der Waals surface area (Å²) in [7, 11) is 0. The summed E-state index contributed by atoms with van der Waals surface area (Å²) in [5.41, 5.74) is 4.50. The van der Waals surface area contributed by atoms with Gasteiger partial charge in [-0.1, -0.05) is 13.0 Å². The molecule has 2 heteroatoms. The number of hydrogen-bond donors (Lipinski definition) is 1. The highest BCUT2D eigenvalue weighted by molar-refractivity contribution is 6.10. The number of ketones is 1. The summed E-state index contributed by atoms with van der Waals surface area (Å²) in [6, 6.07) is 6.39. The SMILES string of the molecule is CCc1ccc2[nH]c3c(c2c1)C(=O)CCC3. The molecule has 0 fully saturated rings. The molecule has 3 rings (SSSR count). The fourth-order valence-electron chi connectivity index (χ4n) is 2.57. The Kier molecular flexibility index (Phi) is 2.10. The van der Waals surface area contributed by atoms with Crippen LogP contribution >= 0.6 is 0 Å². The van der Waals surface area contributed by atoms with E-state index in [1.165, 1.54) is 5.56 Å². The number of aromatic amines is 1. The van der Waals surface area contributed by atoms with Crippen molar-refractivity contribution in [3.8, 4) is 0 Å². The molecule has 0 spiro atoms. The third kappa shape index (κ3) is 1.29. The van der Waals surface area contributed by atoms with Gasteiger partial charge in [0.15, 0.2) is 5.78 Å². The minimum absolute atomic E-state index is 0.306. The average Bonchev–Trinajstić information content (AvgIpc) is 2.67. The van der Waals surface area contributed by atoms with Crippen molar-refractivity contribution in [2.45, 2.75) is 32.6 Å². The standard InChI is InChI=1S/C14H15NO/c1-2-9-6-7-11-10(8-9)14-12(15-11)4-3-5-13(14)16/h6-8,15H,2-5H2,1H3. The number of hydrogen-bond acceptors (Lipinski definition) is 1. The van der Waals surface area contributed by atoms with E-state index in [0.717, 1.165) is 41.4 Å². The molecular weight excluding hydrogens is 198 g/mol. The largest absolute Gasteiger partial charge is 0.358 e.